The van der Waals surface area contributed by atoms with Gasteiger partial charge in [0, 0.05) is 0 Å². The lowest BCUT2D eigenvalue weighted by Crippen LogP contribution is -2.08. The van der Waals surface area contributed by atoms with Gasteiger partial charge in [0.1, 0.15) is 0 Å². The van der Waals surface area contributed by atoms with Crippen LogP contribution < -0.4 is 0 Å². The van der Waals surface area contributed by atoms with Gasteiger partial charge in [-0.25, -0.2) is 4.79 Å². The van der Waals surface area contributed by atoms with E-state index in [1.54, 1.807) is 0 Å². The first kappa shape index (κ1) is 14.5. The van der Waals surface area contributed by atoms with E-state index in [4.69, 9.17) is 0 Å². The van der Waals surface area contributed by atoms with Crippen LogP contribution in [0.4, 0.5) is 0 Å². The van der Waals surface area contributed by atoms with Crippen molar-refractivity contribution in [3.8, 4) is 0 Å². The van der Waals surface area contributed by atoms with Gasteiger partial charge < -0.3 is 4.74 Å². The molecule has 0 amide bonds. The third-order valence-electron chi connectivity index (χ3n) is 3.08. The average molecular weight is 213 g/mol. The Bertz CT molecular complexity index is 157. The van der Waals surface area contributed by atoms with Crippen molar-refractivity contribution < 1.29 is 9.53 Å². The quantitative estimate of drug-likeness (QED) is 0.585. The SMILES string of the molecule is CCC(C)CC(C)CCC(C)CO[C]=O. The number of hydrogen-bond acceptors (Lipinski definition) is 2. The number of carbonyl (C=O) groups excluding carboxylic acids is 1. The van der Waals surface area contributed by atoms with Gasteiger partial charge in [0.15, 0.2) is 0 Å². The Morgan fingerprint density at radius 1 is 1.07 bits per heavy atom. The number of hydrogen-bond donors (Lipinski definition) is 0. The van der Waals surface area contributed by atoms with Gasteiger partial charge in [-0.3, -0.25) is 0 Å². The van der Waals surface area contributed by atoms with Gasteiger partial charge in [0.05, 0.1) is 6.61 Å². The zero-order valence-corrected chi connectivity index (χ0v) is 10.6. The van der Waals surface area contributed by atoms with E-state index in [1.165, 1.54) is 25.7 Å². The van der Waals surface area contributed by atoms with Gasteiger partial charge in [-0.2, -0.15) is 0 Å². The Morgan fingerprint density at radius 3 is 2.20 bits per heavy atom. The highest BCUT2D eigenvalue weighted by atomic mass is 16.5. The minimum absolute atomic E-state index is 0.464. The van der Waals surface area contributed by atoms with Crippen LogP contribution in [0.5, 0.6) is 0 Å². The molecule has 2 heteroatoms. The first-order chi connectivity index (χ1) is 7.10. The van der Waals surface area contributed by atoms with Crippen LogP contribution in [0.25, 0.3) is 0 Å². The third kappa shape index (κ3) is 8.46. The molecule has 15 heavy (non-hydrogen) atoms. The molecule has 0 fully saturated rings. The fraction of sp³-hybridized carbons (Fsp3) is 0.923. The molecule has 0 saturated heterocycles. The summed E-state index contributed by atoms with van der Waals surface area (Å²) in [6.45, 7) is 11.0. The zero-order chi connectivity index (χ0) is 11.7. The molecular weight excluding hydrogens is 188 g/mol. The van der Waals surface area contributed by atoms with Crippen molar-refractivity contribution in [2.24, 2.45) is 17.8 Å². The predicted molar refractivity (Wildman–Crippen MR) is 63.3 cm³/mol. The average Bonchev–Trinajstić information content (AvgIpc) is 2.23. The predicted octanol–water partition coefficient (Wildman–Crippen LogP) is 3.56. The van der Waals surface area contributed by atoms with Crippen LogP contribution >= 0.6 is 0 Å². The highest BCUT2D eigenvalue weighted by Gasteiger charge is 2.10. The van der Waals surface area contributed by atoms with Gasteiger partial charge in [-0.15, -0.1) is 0 Å². The maximum absolute atomic E-state index is 9.88. The summed E-state index contributed by atoms with van der Waals surface area (Å²) in [6, 6.07) is 0. The first-order valence-electron chi connectivity index (χ1n) is 6.09. The van der Waals surface area contributed by atoms with Crippen molar-refractivity contribution in [2.45, 2.75) is 53.4 Å². The molecule has 0 saturated carbocycles. The van der Waals surface area contributed by atoms with Crippen LogP contribution in [0.3, 0.4) is 0 Å². The molecule has 3 atom stereocenters. The molecule has 0 N–H and O–H groups in total. The van der Waals surface area contributed by atoms with E-state index >= 15 is 0 Å². The molecule has 0 aliphatic rings. The summed E-state index contributed by atoms with van der Waals surface area (Å²) in [7, 11) is 0. The van der Waals surface area contributed by atoms with Crippen molar-refractivity contribution in [1.82, 2.24) is 0 Å². The summed E-state index contributed by atoms with van der Waals surface area (Å²) in [5.74, 6) is 2.07. The Hall–Kier alpha value is -0.530. The fourth-order valence-corrected chi connectivity index (χ4v) is 1.80. The van der Waals surface area contributed by atoms with Crippen molar-refractivity contribution in [3.63, 3.8) is 0 Å². The third-order valence-corrected chi connectivity index (χ3v) is 3.08. The second-order valence-corrected chi connectivity index (χ2v) is 4.93. The van der Waals surface area contributed by atoms with Gasteiger partial charge in [-0.1, -0.05) is 40.5 Å². The maximum atomic E-state index is 9.88. The van der Waals surface area contributed by atoms with Crippen LogP contribution in [0.1, 0.15) is 53.4 Å². The number of rotatable bonds is 9. The van der Waals surface area contributed by atoms with Crippen molar-refractivity contribution in [2.75, 3.05) is 6.61 Å². The standard InChI is InChI=1S/C13H25O2/c1-5-11(2)8-12(3)6-7-13(4)9-15-10-14/h11-13H,5-9H2,1-4H3. The Balaban J connectivity index is 3.51. The van der Waals surface area contributed by atoms with Crippen LogP contribution in [-0.4, -0.2) is 13.1 Å². The topological polar surface area (TPSA) is 26.3 Å². The minimum atomic E-state index is 0.464. The molecule has 0 heterocycles. The second kappa shape index (κ2) is 8.75. The lowest BCUT2D eigenvalue weighted by atomic mass is 9.90. The summed E-state index contributed by atoms with van der Waals surface area (Å²) >= 11 is 0. The Morgan fingerprint density at radius 2 is 1.67 bits per heavy atom. The first-order valence-corrected chi connectivity index (χ1v) is 6.09. The Kier molecular flexibility index (Phi) is 8.44. The monoisotopic (exact) mass is 213 g/mol. The molecule has 0 aromatic heterocycles. The van der Waals surface area contributed by atoms with E-state index in [2.05, 4.69) is 32.4 Å². The van der Waals surface area contributed by atoms with E-state index in [-0.39, 0.29) is 0 Å². The highest BCUT2D eigenvalue weighted by molar-refractivity contribution is 5.38. The van der Waals surface area contributed by atoms with Gasteiger partial charge in [0.25, 0.3) is 0 Å². The van der Waals surface area contributed by atoms with E-state index in [0.29, 0.717) is 12.5 Å². The van der Waals surface area contributed by atoms with E-state index in [9.17, 15) is 4.79 Å². The normalized spacial score (nSPS) is 16.8. The zero-order valence-electron chi connectivity index (χ0n) is 10.6. The summed E-state index contributed by atoms with van der Waals surface area (Å²) in [5, 5.41) is 0. The smallest absolute Gasteiger partial charge is 0.417 e. The second-order valence-electron chi connectivity index (χ2n) is 4.93. The van der Waals surface area contributed by atoms with Crippen LogP contribution in [-0.2, 0) is 9.53 Å². The largest absolute Gasteiger partial charge is 0.457 e. The molecule has 0 rings (SSSR count). The van der Waals surface area contributed by atoms with Gasteiger partial charge in [0.2, 0.25) is 0 Å². The molecular formula is C13H25O2. The van der Waals surface area contributed by atoms with Crippen molar-refractivity contribution >= 4 is 6.47 Å². The lowest BCUT2D eigenvalue weighted by Gasteiger charge is -2.17. The molecule has 0 aliphatic heterocycles. The molecule has 2 nitrogen and oxygen atoms in total. The Labute approximate surface area is 94.4 Å². The minimum Gasteiger partial charge on any atom is -0.457 e. The molecule has 1 radical (unpaired) electrons. The molecule has 89 valence electrons. The summed E-state index contributed by atoms with van der Waals surface area (Å²) in [5.41, 5.74) is 0. The van der Waals surface area contributed by atoms with Crippen molar-refractivity contribution in [3.05, 3.63) is 0 Å². The molecule has 3 unspecified atom stereocenters. The maximum Gasteiger partial charge on any atom is 0.417 e. The van der Waals surface area contributed by atoms with Gasteiger partial charge >= 0.3 is 6.47 Å². The number of ether oxygens (including phenoxy) is 1. The van der Waals surface area contributed by atoms with Crippen LogP contribution in [0, 0.1) is 17.8 Å². The lowest BCUT2D eigenvalue weighted by molar-refractivity contribution is 0.216. The fourth-order valence-electron chi connectivity index (χ4n) is 1.80. The summed E-state index contributed by atoms with van der Waals surface area (Å²) < 4.78 is 4.62. The summed E-state index contributed by atoms with van der Waals surface area (Å²) in [6.07, 6.45) is 4.94. The molecule has 0 aliphatic carbocycles. The molecule has 0 bridgehead atoms. The summed E-state index contributed by atoms with van der Waals surface area (Å²) in [4.78, 5) is 9.88. The van der Waals surface area contributed by atoms with Crippen molar-refractivity contribution in [1.29, 1.82) is 0 Å². The highest BCUT2D eigenvalue weighted by Crippen LogP contribution is 2.21. The van der Waals surface area contributed by atoms with Crippen LogP contribution in [0.2, 0.25) is 0 Å². The van der Waals surface area contributed by atoms with E-state index in [0.717, 1.165) is 18.3 Å². The molecule has 0 aromatic carbocycles. The van der Waals surface area contributed by atoms with Gasteiger partial charge in [-0.05, 0) is 30.6 Å². The van der Waals surface area contributed by atoms with Crippen LogP contribution in [0.15, 0.2) is 0 Å². The molecule has 0 aromatic rings. The molecule has 0 spiro atoms. The van der Waals surface area contributed by atoms with E-state index in [1.807, 2.05) is 0 Å². The van der Waals surface area contributed by atoms with E-state index < -0.39 is 0 Å².